The van der Waals surface area contributed by atoms with E-state index in [2.05, 4.69) is 10.2 Å². The normalized spacial score (nSPS) is 10.3. The summed E-state index contributed by atoms with van der Waals surface area (Å²) in [6.45, 7) is 0. The van der Waals surface area contributed by atoms with Crippen molar-refractivity contribution in [2.75, 3.05) is 0 Å². The minimum Gasteiger partial charge on any atom is -0.508 e. The zero-order chi connectivity index (χ0) is 13.1. The van der Waals surface area contributed by atoms with Gasteiger partial charge in [-0.05, 0) is 36.4 Å². The molecule has 0 unspecified atom stereocenters. The number of phenols is 1. The number of aromatic nitrogens is 2. The first-order valence-corrected chi connectivity index (χ1v) is 6.01. The van der Waals surface area contributed by atoms with Gasteiger partial charge in [-0.3, -0.25) is 0 Å². The lowest BCUT2D eigenvalue weighted by Crippen LogP contribution is -1.90. The van der Waals surface area contributed by atoms with Crippen LogP contribution in [0.1, 0.15) is 0 Å². The number of nitrogens with zero attached hydrogens (tertiary/aromatic N) is 2. The van der Waals surface area contributed by atoms with Crippen molar-refractivity contribution in [2.45, 2.75) is 0 Å². The SMILES string of the molecule is Oc1ccc(-c2ccc(-c3ccccc3)nn2)cc1. The van der Waals surface area contributed by atoms with Crippen LogP contribution >= 0.6 is 0 Å². The molecule has 1 N–H and O–H groups in total. The number of phenolic OH excluding ortho intramolecular Hbond substituents is 1. The van der Waals surface area contributed by atoms with Gasteiger partial charge in [0.15, 0.2) is 0 Å². The predicted molar refractivity (Wildman–Crippen MR) is 74.6 cm³/mol. The van der Waals surface area contributed by atoms with Crippen molar-refractivity contribution < 1.29 is 5.11 Å². The molecule has 0 radical (unpaired) electrons. The van der Waals surface area contributed by atoms with Gasteiger partial charge < -0.3 is 5.11 Å². The van der Waals surface area contributed by atoms with E-state index < -0.39 is 0 Å². The zero-order valence-electron chi connectivity index (χ0n) is 10.2. The Hall–Kier alpha value is -2.68. The van der Waals surface area contributed by atoms with E-state index in [1.165, 1.54) is 0 Å². The molecule has 0 spiro atoms. The Morgan fingerprint density at radius 3 is 1.63 bits per heavy atom. The Labute approximate surface area is 111 Å². The third-order valence-electron chi connectivity index (χ3n) is 2.90. The van der Waals surface area contributed by atoms with Crippen molar-refractivity contribution in [2.24, 2.45) is 0 Å². The second kappa shape index (κ2) is 4.90. The third kappa shape index (κ3) is 2.45. The number of aromatic hydroxyl groups is 1. The van der Waals surface area contributed by atoms with E-state index in [-0.39, 0.29) is 5.75 Å². The molecular weight excluding hydrogens is 236 g/mol. The molecule has 0 aliphatic carbocycles. The van der Waals surface area contributed by atoms with Crippen LogP contribution in [0.5, 0.6) is 5.75 Å². The van der Waals surface area contributed by atoms with E-state index in [1.807, 2.05) is 54.6 Å². The summed E-state index contributed by atoms with van der Waals surface area (Å²) in [5, 5.41) is 17.7. The van der Waals surface area contributed by atoms with E-state index in [9.17, 15) is 5.11 Å². The van der Waals surface area contributed by atoms with Gasteiger partial charge in [0.1, 0.15) is 5.75 Å². The first-order chi connectivity index (χ1) is 9.33. The van der Waals surface area contributed by atoms with Crippen LogP contribution in [-0.4, -0.2) is 15.3 Å². The van der Waals surface area contributed by atoms with Crippen molar-refractivity contribution in [3.05, 3.63) is 66.7 Å². The molecule has 3 nitrogen and oxygen atoms in total. The lowest BCUT2D eigenvalue weighted by atomic mass is 10.1. The van der Waals surface area contributed by atoms with Crippen LogP contribution in [0.4, 0.5) is 0 Å². The summed E-state index contributed by atoms with van der Waals surface area (Å²) < 4.78 is 0. The van der Waals surface area contributed by atoms with E-state index in [1.54, 1.807) is 12.1 Å². The smallest absolute Gasteiger partial charge is 0.115 e. The molecule has 0 saturated heterocycles. The lowest BCUT2D eigenvalue weighted by molar-refractivity contribution is 0.475. The molecule has 92 valence electrons. The first kappa shape index (κ1) is 11.4. The van der Waals surface area contributed by atoms with Gasteiger partial charge in [-0.15, -0.1) is 10.2 Å². The van der Waals surface area contributed by atoms with Crippen LogP contribution in [-0.2, 0) is 0 Å². The second-order valence-electron chi connectivity index (χ2n) is 4.22. The standard InChI is InChI=1S/C16H12N2O/c19-14-8-6-13(7-9-14)16-11-10-15(17-18-16)12-4-2-1-3-5-12/h1-11,19H. The van der Waals surface area contributed by atoms with Gasteiger partial charge in [0.25, 0.3) is 0 Å². The van der Waals surface area contributed by atoms with Crippen LogP contribution in [0, 0.1) is 0 Å². The molecule has 3 heteroatoms. The quantitative estimate of drug-likeness (QED) is 0.754. The topological polar surface area (TPSA) is 46.0 Å². The van der Waals surface area contributed by atoms with Gasteiger partial charge in [0.2, 0.25) is 0 Å². The van der Waals surface area contributed by atoms with E-state index >= 15 is 0 Å². The minimum atomic E-state index is 0.248. The molecule has 0 amide bonds. The highest BCUT2D eigenvalue weighted by Gasteiger charge is 2.02. The molecule has 1 heterocycles. The summed E-state index contributed by atoms with van der Waals surface area (Å²) in [5.41, 5.74) is 3.62. The summed E-state index contributed by atoms with van der Waals surface area (Å²) in [5.74, 6) is 0.248. The van der Waals surface area contributed by atoms with Crippen molar-refractivity contribution in [3.63, 3.8) is 0 Å². The number of hydrogen-bond donors (Lipinski definition) is 1. The summed E-state index contributed by atoms with van der Waals surface area (Å²) in [6.07, 6.45) is 0. The molecule has 1 aromatic heterocycles. The molecule has 0 atom stereocenters. The molecule has 3 aromatic rings. The summed E-state index contributed by atoms with van der Waals surface area (Å²) in [6, 6.07) is 20.7. The summed E-state index contributed by atoms with van der Waals surface area (Å²) >= 11 is 0. The molecule has 3 rings (SSSR count). The summed E-state index contributed by atoms with van der Waals surface area (Å²) in [7, 11) is 0. The molecule has 0 aliphatic rings. The van der Waals surface area contributed by atoms with Crippen LogP contribution in [0.3, 0.4) is 0 Å². The monoisotopic (exact) mass is 248 g/mol. The first-order valence-electron chi connectivity index (χ1n) is 6.01. The highest BCUT2D eigenvalue weighted by Crippen LogP contribution is 2.21. The van der Waals surface area contributed by atoms with Gasteiger partial charge in [-0.25, -0.2) is 0 Å². The van der Waals surface area contributed by atoms with E-state index in [0.29, 0.717) is 0 Å². The Bertz CT molecular complexity index is 661. The van der Waals surface area contributed by atoms with Crippen molar-refractivity contribution in [1.29, 1.82) is 0 Å². The van der Waals surface area contributed by atoms with Crippen molar-refractivity contribution in [3.8, 4) is 28.3 Å². The molecule has 19 heavy (non-hydrogen) atoms. The molecule has 2 aromatic carbocycles. The second-order valence-corrected chi connectivity index (χ2v) is 4.22. The van der Waals surface area contributed by atoms with E-state index in [0.717, 1.165) is 22.5 Å². The number of rotatable bonds is 2. The van der Waals surface area contributed by atoms with Crippen LogP contribution < -0.4 is 0 Å². The molecular formula is C16H12N2O. The Kier molecular flexibility index (Phi) is 2.94. The maximum absolute atomic E-state index is 9.26. The van der Waals surface area contributed by atoms with Gasteiger partial charge in [-0.2, -0.15) is 0 Å². The predicted octanol–water partition coefficient (Wildman–Crippen LogP) is 3.52. The highest BCUT2D eigenvalue weighted by molar-refractivity contribution is 5.63. The maximum atomic E-state index is 9.26. The molecule has 0 fully saturated rings. The Balaban J connectivity index is 1.93. The molecule has 0 saturated carbocycles. The van der Waals surface area contributed by atoms with Crippen LogP contribution in [0.2, 0.25) is 0 Å². The Morgan fingerprint density at radius 1 is 0.579 bits per heavy atom. The Morgan fingerprint density at radius 2 is 1.11 bits per heavy atom. The fourth-order valence-electron chi connectivity index (χ4n) is 1.88. The molecule has 0 aliphatic heterocycles. The average Bonchev–Trinajstić information content (AvgIpc) is 2.49. The highest BCUT2D eigenvalue weighted by atomic mass is 16.3. The van der Waals surface area contributed by atoms with Crippen LogP contribution in [0.15, 0.2) is 66.7 Å². The third-order valence-corrected chi connectivity index (χ3v) is 2.90. The maximum Gasteiger partial charge on any atom is 0.115 e. The van der Waals surface area contributed by atoms with Gasteiger partial charge >= 0.3 is 0 Å². The molecule has 0 bridgehead atoms. The van der Waals surface area contributed by atoms with E-state index in [4.69, 9.17) is 0 Å². The fraction of sp³-hybridized carbons (Fsp3) is 0. The largest absolute Gasteiger partial charge is 0.508 e. The van der Waals surface area contributed by atoms with Gasteiger partial charge in [-0.1, -0.05) is 30.3 Å². The average molecular weight is 248 g/mol. The summed E-state index contributed by atoms with van der Waals surface area (Å²) in [4.78, 5) is 0. The van der Waals surface area contributed by atoms with Gasteiger partial charge in [0, 0.05) is 11.1 Å². The van der Waals surface area contributed by atoms with Crippen molar-refractivity contribution in [1.82, 2.24) is 10.2 Å². The minimum absolute atomic E-state index is 0.248. The van der Waals surface area contributed by atoms with Gasteiger partial charge in [0.05, 0.1) is 11.4 Å². The van der Waals surface area contributed by atoms with Crippen molar-refractivity contribution >= 4 is 0 Å². The zero-order valence-corrected chi connectivity index (χ0v) is 10.2. The fourth-order valence-corrected chi connectivity index (χ4v) is 1.88. The number of benzene rings is 2. The number of hydrogen-bond acceptors (Lipinski definition) is 3. The van der Waals surface area contributed by atoms with Crippen LogP contribution in [0.25, 0.3) is 22.5 Å². The lowest BCUT2D eigenvalue weighted by Gasteiger charge is -2.02.